The van der Waals surface area contributed by atoms with Gasteiger partial charge in [0.1, 0.15) is 6.61 Å². The standard InChI is InChI=1S/C16H13NO3/c18-15-12-7-4-8-13(9-12)16(19)20-10-14(17-15)11-5-2-1-3-6-11/h1-9,14H,10H2,(H,17,18)/t14-/m0/s1. The summed E-state index contributed by atoms with van der Waals surface area (Å²) in [6.07, 6.45) is 0. The van der Waals surface area contributed by atoms with Crippen LogP contribution in [0, 0.1) is 0 Å². The van der Waals surface area contributed by atoms with Crippen molar-refractivity contribution in [1.29, 1.82) is 0 Å². The number of fused-ring (bicyclic) bond motifs is 2. The van der Waals surface area contributed by atoms with Crippen LogP contribution in [0.15, 0.2) is 54.6 Å². The molecule has 2 aromatic carbocycles. The Kier molecular flexibility index (Phi) is 3.21. The van der Waals surface area contributed by atoms with E-state index in [-0.39, 0.29) is 18.6 Å². The number of rotatable bonds is 1. The topological polar surface area (TPSA) is 55.4 Å². The van der Waals surface area contributed by atoms with Crippen molar-refractivity contribution in [2.24, 2.45) is 0 Å². The van der Waals surface area contributed by atoms with Crippen molar-refractivity contribution in [1.82, 2.24) is 5.32 Å². The summed E-state index contributed by atoms with van der Waals surface area (Å²) < 4.78 is 5.26. The minimum absolute atomic E-state index is 0.118. The molecule has 0 aromatic heterocycles. The average Bonchev–Trinajstić information content (AvgIpc) is 2.54. The summed E-state index contributed by atoms with van der Waals surface area (Å²) in [6.45, 7) is 0.118. The number of esters is 1. The first kappa shape index (κ1) is 12.4. The predicted octanol–water partition coefficient (Wildman–Crippen LogP) is 2.33. The Morgan fingerprint density at radius 3 is 2.50 bits per heavy atom. The smallest absolute Gasteiger partial charge is 0.338 e. The van der Waals surface area contributed by atoms with Crippen molar-refractivity contribution in [3.63, 3.8) is 0 Å². The maximum atomic E-state index is 12.2. The van der Waals surface area contributed by atoms with Crippen LogP contribution in [0.3, 0.4) is 0 Å². The number of benzene rings is 2. The molecule has 3 rings (SSSR count). The van der Waals surface area contributed by atoms with Crippen LogP contribution in [0.2, 0.25) is 0 Å². The molecular weight excluding hydrogens is 254 g/mol. The molecule has 0 saturated carbocycles. The molecule has 1 amide bonds. The largest absolute Gasteiger partial charge is 0.460 e. The number of carbonyl (C=O) groups is 2. The van der Waals surface area contributed by atoms with E-state index in [1.807, 2.05) is 30.3 Å². The van der Waals surface area contributed by atoms with Gasteiger partial charge in [-0.05, 0) is 23.8 Å². The number of carbonyl (C=O) groups excluding carboxylic acids is 2. The minimum Gasteiger partial charge on any atom is -0.460 e. The minimum atomic E-state index is -0.413. The van der Waals surface area contributed by atoms with Crippen molar-refractivity contribution in [2.75, 3.05) is 6.61 Å². The highest BCUT2D eigenvalue weighted by atomic mass is 16.5. The highest BCUT2D eigenvalue weighted by Gasteiger charge is 2.21. The molecule has 1 N–H and O–H groups in total. The van der Waals surface area contributed by atoms with Gasteiger partial charge in [0.05, 0.1) is 11.6 Å². The Labute approximate surface area is 116 Å². The van der Waals surface area contributed by atoms with E-state index < -0.39 is 5.97 Å². The third kappa shape index (κ3) is 2.40. The van der Waals surface area contributed by atoms with Gasteiger partial charge >= 0.3 is 5.97 Å². The van der Waals surface area contributed by atoms with E-state index in [0.717, 1.165) is 5.56 Å². The van der Waals surface area contributed by atoms with Gasteiger partial charge < -0.3 is 10.1 Å². The normalized spacial score (nSPS) is 18.3. The Bertz CT molecular complexity index is 652. The zero-order chi connectivity index (χ0) is 13.9. The number of hydrogen-bond donors (Lipinski definition) is 1. The first-order chi connectivity index (χ1) is 9.74. The van der Waals surface area contributed by atoms with Gasteiger partial charge in [-0.15, -0.1) is 0 Å². The molecule has 1 aliphatic rings. The van der Waals surface area contributed by atoms with Gasteiger partial charge in [0.15, 0.2) is 0 Å². The Balaban J connectivity index is 1.95. The van der Waals surface area contributed by atoms with Crippen molar-refractivity contribution < 1.29 is 14.3 Å². The van der Waals surface area contributed by atoms with E-state index >= 15 is 0 Å². The third-order valence-corrected chi connectivity index (χ3v) is 3.25. The maximum absolute atomic E-state index is 12.2. The molecule has 20 heavy (non-hydrogen) atoms. The summed E-state index contributed by atoms with van der Waals surface area (Å²) in [4.78, 5) is 24.1. The van der Waals surface area contributed by atoms with Gasteiger partial charge in [0.2, 0.25) is 0 Å². The fourth-order valence-electron chi connectivity index (χ4n) is 2.18. The molecule has 0 spiro atoms. The molecule has 4 nitrogen and oxygen atoms in total. The van der Waals surface area contributed by atoms with Crippen LogP contribution >= 0.6 is 0 Å². The van der Waals surface area contributed by atoms with Crippen molar-refractivity contribution in [2.45, 2.75) is 6.04 Å². The van der Waals surface area contributed by atoms with Gasteiger partial charge in [-0.3, -0.25) is 4.79 Å². The molecule has 4 heteroatoms. The van der Waals surface area contributed by atoms with E-state index in [1.54, 1.807) is 24.3 Å². The van der Waals surface area contributed by atoms with Crippen molar-refractivity contribution in [3.8, 4) is 0 Å². The van der Waals surface area contributed by atoms with Crippen LogP contribution in [-0.4, -0.2) is 18.5 Å². The molecule has 1 aliphatic heterocycles. The molecule has 2 aromatic rings. The zero-order valence-electron chi connectivity index (χ0n) is 10.7. The molecule has 100 valence electrons. The second kappa shape index (κ2) is 5.17. The molecule has 0 saturated heterocycles. The van der Waals surface area contributed by atoms with Crippen LogP contribution in [0.1, 0.15) is 32.3 Å². The fourth-order valence-corrected chi connectivity index (χ4v) is 2.18. The van der Waals surface area contributed by atoms with Crippen LogP contribution in [-0.2, 0) is 4.74 Å². The Morgan fingerprint density at radius 1 is 0.950 bits per heavy atom. The number of cyclic esters (lactones) is 1. The lowest BCUT2D eigenvalue weighted by Gasteiger charge is -2.18. The Hall–Kier alpha value is -2.62. The predicted molar refractivity (Wildman–Crippen MR) is 73.4 cm³/mol. The van der Waals surface area contributed by atoms with E-state index in [9.17, 15) is 9.59 Å². The summed E-state index contributed by atoms with van der Waals surface area (Å²) in [5.41, 5.74) is 1.76. The van der Waals surface area contributed by atoms with Crippen molar-refractivity contribution >= 4 is 11.9 Å². The second-order valence-electron chi connectivity index (χ2n) is 4.62. The highest BCUT2D eigenvalue weighted by Crippen LogP contribution is 2.17. The number of nitrogens with one attached hydrogen (secondary N) is 1. The summed E-state index contributed by atoms with van der Waals surface area (Å²) in [7, 11) is 0. The lowest BCUT2D eigenvalue weighted by atomic mass is 10.1. The monoisotopic (exact) mass is 267 g/mol. The molecule has 2 bridgehead atoms. The molecule has 0 aliphatic carbocycles. The molecular formula is C16H13NO3. The summed E-state index contributed by atoms with van der Waals surface area (Å²) in [6, 6.07) is 15.7. The SMILES string of the molecule is O=C1N[C@H](c2ccccc2)COC(=O)c2cccc1c2. The van der Waals surface area contributed by atoms with E-state index in [1.165, 1.54) is 0 Å². The van der Waals surface area contributed by atoms with E-state index in [4.69, 9.17) is 4.74 Å². The van der Waals surface area contributed by atoms with Gasteiger partial charge in [0, 0.05) is 5.56 Å². The number of ether oxygens (including phenoxy) is 1. The summed E-state index contributed by atoms with van der Waals surface area (Å²) in [5, 5.41) is 2.89. The first-order valence-corrected chi connectivity index (χ1v) is 6.37. The fraction of sp³-hybridized carbons (Fsp3) is 0.125. The molecule has 1 atom stereocenters. The second-order valence-corrected chi connectivity index (χ2v) is 4.62. The molecule has 0 unspecified atom stereocenters. The molecule has 1 heterocycles. The lowest BCUT2D eigenvalue weighted by Crippen LogP contribution is -2.31. The van der Waals surface area contributed by atoms with Gasteiger partial charge in [0.25, 0.3) is 5.91 Å². The highest BCUT2D eigenvalue weighted by molar-refractivity contribution is 5.98. The van der Waals surface area contributed by atoms with Gasteiger partial charge in [-0.1, -0.05) is 36.4 Å². The maximum Gasteiger partial charge on any atom is 0.338 e. The summed E-state index contributed by atoms with van der Waals surface area (Å²) >= 11 is 0. The van der Waals surface area contributed by atoms with Crippen molar-refractivity contribution in [3.05, 3.63) is 71.3 Å². The van der Waals surface area contributed by atoms with E-state index in [0.29, 0.717) is 11.1 Å². The Morgan fingerprint density at radius 2 is 1.70 bits per heavy atom. The molecule has 0 fully saturated rings. The van der Waals surface area contributed by atoms with Crippen LogP contribution < -0.4 is 5.32 Å². The van der Waals surface area contributed by atoms with Crippen LogP contribution in [0.5, 0.6) is 0 Å². The zero-order valence-corrected chi connectivity index (χ0v) is 10.7. The number of amides is 1. The van der Waals surface area contributed by atoms with Crippen LogP contribution in [0.25, 0.3) is 0 Å². The van der Waals surface area contributed by atoms with Gasteiger partial charge in [-0.25, -0.2) is 4.79 Å². The quantitative estimate of drug-likeness (QED) is 0.807. The number of hydrogen-bond acceptors (Lipinski definition) is 3. The van der Waals surface area contributed by atoms with Crippen LogP contribution in [0.4, 0.5) is 0 Å². The lowest BCUT2D eigenvalue weighted by molar-refractivity contribution is 0.0460. The van der Waals surface area contributed by atoms with Gasteiger partial charge in [-0.2, -0.15) is 0 Å². The summed E-state index contributed by atoms with van der Waals surface area (Å²) in [5.74, 6) is -0.622. The van der Waals surface area contributed by atoms with E-state index in [2.05, 4.69) is 5.32 Å². The molecule has 0 radical (unpaired) electrons. The average molecular weight is 267 g/mol. The third-order valence-electron chi connectivity index (χ3n) is 3.25. The first-order valence-electron chi connectivity index (χ1n) is 6.37.